The summed E-state index contributed by atoms with van der Waals surface area (Å²) < 4.78 is 94.7. The number of alkyl halides is 3. The van der Waals surface area contributed by atoms with Crippen molar-refractivity contribution in [1.29, 1.82) is 0 Å². The summed E-state index contributed by atoms with van der Waals surface area (Å²) in [5, 5.41) is 9.26. The second-order valence-electron chi connectivity index (χ2n) is 8.86. The number of aromatic nitrogens is 1. The maximum Gasteiger partial charge on any atom is 0.417 e. The van der Waals surface area contributed by atoms with Crippen LogP contribution in [0.4, 0.5) is 23.2 Å². The Hall–Kier alpha value is -3.84. The third-order valence-corrected chi connectivity index (χ3v) is 8.14. The highest BCUT2D eigenvalue weighted by molar-refractivity contribution is 7.93. The lowest BCUT2D eigenvalue weighted by molar-refractivity contribution is -0.138. The van der Waals surface area contributed by atoms with Crippen LogP contribution in [0.1, 0.15) is 36.5 Å². The number of fused-ring (bicyclic) bond motifs is 1. The van der Waals surface area contributed by atoms with Crippen LogP contribution in [0.2, 0.25) is 5.02 Å². The summed E-state index contributed by atoms with van der Waals surface area (Å²) >= 11 is 6.08. The highest BCUT2D eigenvalue weighted by Gasteiger charge is 2.39. The molecule has 0 amide bonds. The van der Waals surface area contributed by atoms with Crippen molar-refractivity contribution < 1.29 is 45.4 Å². The summed E-state index contributed by atoms with van der Waals surface area (Å²) in [6.45, 7) is 1.04. The number of halogens is 5. The minimum absolute atomic E-state index is 0.0294. The molecule has 1 N–H and O–H groups in total. The Bertz CT molecular complexity index is 1580. The van der Waals surface area contributed by atoms with Crippen LogP contribution in [-0.2, 0) is 21.0 Å². The Balaban J connectivity index is 1.83. The fraction of sp³-hybridized carbons (Fsp3) is 0.259. The zero-order valence-electron chi connectivity index (χ0n) is 21.4. The summed E-state index contributed by atoms with van der Waals surface area (Å²) in [6.07, 6.45) is -2.89. The monoisotopic (exact) mass is 614 g/mol. The molecule has 1 aromatic heterocycles. The van der Waals surface area contributed by atoms with Crippen molar-refractivity contribution >= 4 is 45.4 Å². The van der Waals surface area contributed by atoms with Crippen molar-refractivity contribution in [3.05, 3.63) is 76.2 Å². The molecule has 41 heavy (non-hydrogen) atoms. The molecule has 1 aliphatic heterocycles. The Morgan fingerprint density at radius 2 is 2.00 bits per heavy atom. The van der Waals surface area contributed by atoms with Crippen molar-refractivity contribution in [2.24, 2.45) is 0 Å². The third-order valence-electron chi connectivity index (χ3n) is 6.03. The molecule has 2 aromatic carbocycles. The van der Waals surface area contributed by atoms with Gasteiger partial charge >= 0.3 is 12.1 Å². The van der Waals surface area contributed by atoms with Gasteiger partial charge in [0, 0.05) is 18.2 Å². The smallest absolute Gasteiger partial charge is 0.417 e. The molecule has 0 saturated heterocycles. The summed E-state index contributed by atoms with van der Waals surface area (Å²) in [7, 11) is -4.77. The number of benzene rings is 2. The van der Waals surface area contributed by atoms with Gasteiger partial charge in [-0.05, 0) is 55.3 Å². The number of anilines is 1. The predicted molar refractivity (Wildman–Crippen MR) is 143 cm³/mol. The summed E-state index contributed by atoms with van der Waals surface area (Å²) in [6, 6.07) is 8.97. The van der Waals surface area contributed by atoms with E-state index in [9.17, 15) is 30.8 Å². The van der Waals surface area contributed by atoms with Gasteiger partial charge in [0.15, 0.2) is 4.90 Å². The minimum atomic E-state index is -4.89. The van der Waals surface area contributed by atoms with E-state index in [4.69, 9.17) is 26.2 Å². The molecular formula is C27H23ClF4N2O6S. The van der Waals surface area contributed by atoms with E-state index in [0.29, 0.717) is 17.8 Å². The van der Waals surface area contributed by atoms with E-state index in [1.165, 1.54) is 49.4 Å². The molecule has 14 heteroatoms. The van der Waals surface area contributed by atoms with Crippen LogP contribution < -0.4 is 13.8 Å². The first-order chi connectivity index (χ1) is 19.3. The number of pyridine rings is 1. The minimum Gasteiger partial charge on any atom is -0.486 e. The fourth-order valence-corrected chi connectivity index (χ4v) is 5.92. The standard InChI is InChI=1S/C27H23ClF4N2O6S/c1-2-39-26-24(13-17(14-33-26)27(30,31)32)41(37,38)34-15-18(8-11-25(35)36)40-23-10-7-16(12-22(23)34)6-9-19-20(28)4-3-5-21(19)29/h3-7,9-10,12-14,18H,2,8,11,15H2,1H3,(H,35,36). The Labute approximate surface area is 237 Å². The lowest BCUT2D eigenvalue weighted by atomic mass is 10.1. The second kappa shape index (κ2) is 12.0. The maximum absolute atomic E-state index is 14.2. The van der Waals surface area contributed by atoms with Crippen LogP contribution in [-0.4, -0.2) is 43.7 Å². The topological polar surface area (TPSA) is 106 Å². The van der Waals surface area contributed by atoms with Crippen LogP contribution in [0.5, 0.6) is 11.6 Å². The van der Waals surface area contributed by atoms with Crippen molar-refractivity contribution in [2.45, 2.75) is 36.9 Å². The molecule has 3 aromatic rings. The molecule has 0 radical (unpaired) electrons. The van der Waals surface area contributed by atoms with Crippen molar-refractivity contribution in [2.75, 3.05) is 17.5 Å². The summed E-state index contributed by atoms with van der Waals surface area (Å²) in [5.74, 6) is -2.20. The van der Waals surface area contributed by atoms with E-state index in [2.05, 4.69) is 4.98 Å². The lowest BCUT2D eigenvalue weighted by Crippen LogP contribution is -2.44. The molecule has 2 heterocycles. The maximum atomic E-state index is 14.2. The van der Waals surface area contributed by atoms with Crippen LogP contribution in [0.3, 0.4) is 0 Å². The van der Waals surface area contributed by atoms with Crippen LogP contribution in [0.15, 0.2) is 53.6 Å². The Morgan fingerprint density at radius 1 is 1.24 bits per heavy atom. The summed E-state index contributed by atoms with van der Waals surface area (Å²) in [4.78, 5) is 13.9. The molecular weight excluding hydrogens is 592 g/mol. The highest BCUT2D eigenvalue weighted by Crippen LogP contribution is 2.41. The van der Waals surface area contributed by atoms with E-state index in [0.717, 1.165) is 4.31 Å². The predicted octanol–water partition coefficient (Wildman–Crippen LogP) is 6.28. The number of carboxylic acid groups (broad SMARTS) is 1. The number of hydrogen-bond acceptors (Lipinski definition) is 6. The van der Waals surface area contributed by atoms with Crippen molar-refractivity contribution in [1.82, 2.24) is 4.98 Å². The highest BCUT2D eigenvalue weighted by atomic mass is 35.5. The van der Waals surface area contributed by atoms with E-state index < -0.39 is 57.0 Å². The Kier molecular flexibility index (Phi) is 8.78. The van der Waals surface area contributed by atoms with Crippen LogP contribution >= 0.6 is 11.6 Å². The van der Waals surface area contributed by atoms with Gasteiger partial charge in [-0.2, -0.15) is 13.2 Å². The SMILES string of the molecule is CCOc1ncc(C(F)(F)F)cc1S(=O)(=O)N1CC(CCC(=O)O)Oc2ccc(C=Cc3c(F)cccc3Cl)cc21. The molecule has 4 rings (SSSR count). The number of rotatable bonds is 9. The van der Waals surface area contributed by atoms with E-state index in [-0.39, 0.29) is 41.5 Å². The second-order valence-corrected chi connectivity index (χ2v) is 11.1. The zero-order chi connectivity index (χ0) is 29.9. The number of sulfonamides is 1. The molecule has 1 unspecified atom stereocenters. The molecule has 0 spiro atoms. The van der Waals surface area contributed by atoms with Crippen molar-refractivity contribution in [3.8, 4) is 11.6 Å². The molecule has 0 aliphatic carbocycles. The number of nitrogens with zero attached hydrogens (tertiary/aromatic N) is 2. The van der Waals surface area contributed by atoms with Gasteiger partial charge in [-0.3, -0.25) is 9.10 Å². The first kappa shape index (κ1) is 30.1. The number of aliphatic carboxylic acids is 1. The normalized spacial score (nSPS) is 15.5. The van der Waals surface area contributed by atoms with Crippen molar-refractivity contribution in [3.63, 3.8) is 0 Å². The molecule has 0 saturated carbocycles. The molecule has 0 fully saturated rings. The van der Waals surface area contributed by atoms with E-state index in [1.807, 2.05) is 0 Å². The van der Waals surface area contributed by atoms with E-state index >= 15 is 0 Å². The average Bonchev–Trinajstić information content (AvgIpc) is 2.90. The van der Waals surface area contributed by atoms with Gasteiger partial charge in [-0.1, -0.05) is 29.8 Å². The largest absolute Gasteiger partial charge is 0.486 e. The summed E-state index contributed by atoms with van der Waals surface area (Å²) in [5.41, 5.74) is -0.840. The van der Waals surface area contributed by atoms with E-state index in [1.54, 1.807) is 6.07 Å². The van der Waals surface area contributed by atoms with Gasteiger partial charge in [0.05, 0.1) is 29.4 Å². The number of carboxylic acids is 1. The molecule has 8 nitrogen and oxygen atoms in total. The van der Waals surface area contributed by atoms with Gasteiger partial charge < -0.3 is 14.6 Å². The molecule has 218 valence electrons. The average molecular weight is 615 g/mol. The lowest BCUT2D eigenvalue weighted by Gasteiger charge is -2.35. The molecule has 0 bridgehead atoms. The van der Waals surface area contributed by atoms with Crippen LogP contribution in [0.25, 0.3) is 12.2 Å². The fourth-order valence-electron chi connectivity index (χ4n) is 4.08. The molecule has 1 atom stereocenters. The van der Waals surface area contributed by atoms with Crippen LogP contribution in [0, 0.1) is 5.82 Å². The first-order valence-corrected chi connectivity index (χ1v) is 14.0. The first-order valence-electron chi connectivity index (χ1n) is 12.2. The Morgan fingerprint density at radius 3 is 2.66 bits per heavy atom. The third kappa shape index (κ3) is 6.73. The molecule has 1 aliphatic rings. The van der Waals surface area contributed by atoms with Gasteiger partial charge in [-0.15, -0.1) is 0 Å². The number of ether oxygens (including phenoxy) is 2. The zero-order valence-corrected chi connectivity index (χ0v) is 22.9. The van der Waals surface area contributed by atoms with Gasteiger partial charge in [-0.25, -0.2) is 17.8 Å². The number of carbonyl (C=O) groups is 1. The number of hydrogen-bond donors (Lipinski definition) is 1. The van der Waals surface area contributed by atoms with Gasteiger partial charge in [0.25, 0.3) is 10.0 Å². The quantitative estimate of drug-likeness (QED) is 0.223. The van der Waals surface area contributed by atoms with Gasteiger partial charge in [0.2, 0.25) is 5.88 Å². The van der Waals surface area contributed by atoms with Gasteiger partial charge in [0.1, 0.15) is 17.7 Å².